The lowest BCUT2D eigenvalue weighted by molar-refractivity contribution is 1.19. The number of fused-ring (bicyclic) bond motifs is 2. The van der Waals surface area contributed by atoms with Crippen LogP contribution in [0.2, 0.25) is 0 Å². The third kappa shape index (κ3) is 7.56. The minimum absolute atomic E-state index is 0.920. The fourth-order valence-electron chi connectivity index (χ4n) is 9.33. The molecule has 0 bridgehead atoms. The highest BCUT2D eigenvalue weighted by Gasteiger charge is 2.20. The van der Waals surface area contributed by atoms with Crippen molar-refractivity contribution in [3.8, 4) is 56.2 Å². The molecule has 8 aromatic carbocycles. The third-order valence-corrected chi connectivity index (χ3v) is 12.6. The molecule has 0 saturated carbocycles. The predicted molar refractivity (Wildman–Crippen MR) is 280 cm³/mol. The summed E-state index contributed by atoms with van der Waals surface area (Å²) < 4.78 is 4.36. The number of hydrogen-bond donors (Lipinski definition) is 0. The van der Waals surface area contributed by atoms with E-state index in [0.29, 0.717) is 0 Å². The van der Waals surface area contributed by atoms with Gasteiger partial charge in [0.15, 0.2) is 0 Å². The summed E-state index contributed by atoms with van der Waals surface area (Å²) in [5.41, 5.74) is 19.0. The molecule has 4 aromatic heterocycles. The number of rotatable bonds is 11. The second kappa shape index (κ2) is 17.6. The van der Waals surface area contributed by atoms with Crippen LogP contribution in [0.3, 0.4) is 0 Å². The van der Waals surface area contributed by atoms with Gasteiger partial charge in [-0.1, -0.05) is 158 Å². The summed E-state index contributed by atoms with van der Waals surface area (Å²) in [7, 11) is 0. The van der Waals surface area contributed by atoms with Crippen LogP contribution in [0.4, 0.5) is 34.1 Å². The minimum atomic E-state index is 0.920. The van der Waals surface area contributed by atoms with Crippen molar-refractivity contribution in [1.82, 2.24) is 18.8 Å². The number of imidazole rings is 2. The number of para-hydroxylation sites is 2. The Balaban J connectivity index is 0.845. The van der Waals surface area contributed by atoms with Gasteiger partial charge in [0.2, 0.25) is 0 Å². The lowest BCUT2D eigenvalue weighted by atomic mass is 10.0. The summed E-state index contributed by atoms with van der Waals surface area (Å²) in [5, 5.41) is 0. The maximum absolute atomic E-state index is 5.06. The van der Waals surface area contributed by atoms with E-state index in [4.69, 9.17) is 9.97 Å². The van der Waals surface area contributed by atoms with Crippen LogP contribution in [-0.4, -0.2) is 18.8 Å². The van der Waals surface area contributed by atoms with Crippen molar-refractivity contribution in [2.45, 2.75) is 0 Å². The van der Waals surface area contributed by atoms with Gasteiger partial charge in [0.1, 0.15) is 11.3 Å². The van der Waals surface area contributed by atoms with Crippen LogP contribution in [0.5, 0.6) is 0 Å². The van der Waals surface area contributed by atoms with E-state index in [2.05, 4.69) is 262 Å². The molecule has 12 rings (SSSR count). The molecule has 0 unspecified atom stereocenters. The van der Waals surface area contributed by atoms with Crippen molar-refractivity contribution in [2.75, 3.05) is 9.80 Å². The third-order valence-electron chi connectivity index (χ3n) is 12.6. The Morgan fingerprint density at radius 1 is 0.235 bits per heavy atom. The van der Waals surface area contributed by atoms with Gasteiger partial charge in [-0.3, -0.25) is 8.80 Å². The van der Waals surface area contributed by atoms with Gasteiger partial charge in [0.05, 0.1) is 22.8 Å². The molecule has 0 N–H and O–H groups in total. The summed E-state index contributed by atoms with van der Waals surface area (Å²) in [6, 6.07) is 89.7. The van der Waals surface area contributed by atoms with E-state index in [9.17, 15) is 0 Å². The Labute approximate surface area is 395 Å². The number of aromatic nitrogens is 4. The van der Waals surface area contributed by atoms with Crippen molar-refractivity contribution >= 4 is 45.4 Å². The Hall–Kier alpha value is -9.26. The van der Waals surface area contributed by atoms with Gasteiger partial charge in [0.25, 0.3) is 0 Å². The van der Waals surface area contributed by atoms with Crippen molar-refractivity contribution in [2.24, 2.45) is 0 Å². The summed E-state index contributed by atoms with van der Waals surface area (Å²) in [4.78, 5) is 14.7. The van der Waals surface area contributed by atoms with Gasteiger partial charge in [0, 0.05) is 68.8 Å². The summed E-state index contributed by atoms with van der Waals surface area (Å²) in [6.45, 7) is 0. The van der Waals surface area contributed by atoms with Gasteiger partial charge in [-0.25, -0.2) is 9.97 Å². The standard InChI is InChI=1S/C62H44N6/c1-5-17-47(18-6-1)59-61(65-43-15-13-25-57(65)63-59)49-31-39-55(40-32-49)67(51-21-9-3-10-22-51)53-35-27-45(28-36-53)46-29-37-54(38-30-46)68(52-23-11-4-12-24-52)56-41-33-50(34-42-56)62-60(48-19-7-2-8-20-48)64-58-26-14-16-44-66(58)62/h1-44H. The zero-order chi connectivity index (χ0) is 45.2. The number of pyridine rings is 2. The first-order valence-corrected chi connectivity index (χ1v) is 22.9. The normalized spacial score (nSPS) is 11.2. The average molecular weight is 873 g/mol. The Bertz CT molecular complexity index is 3380. The van der Waals surface area contributed by atoms with Gasteiger partial charge < -0.3 is 9.80 Å². The molecule has 0 spiro atoms. The Morgan fingerprint density at radius 3 is 0.853 bits per heavy atom. The number of anilines is 6. The molecular weight excluding hydrogens is 829 g/mol. The fourth-order valence-corrected chi connectivity index (χ4v) is 9.33. The predicted octanol–water partition coefficient (Wildman–Crippen LogP) is 16.3. The topological polar surface area (TPSA) is 41.1 Å². The van der Waals surface area contributed by atoms with Crippen molar-refractivity contribution < 1.29 is 0 Å². The molecule has 0 saturated heterocycles. The number of benzene rings is 8. The smallest absolute Gasteiger partial charge is 0.137 e. The average Bonchev–Trinajstić information content (AvgIpc) is 4.01. The van der Waals surface area contributed by atoms with E-state index in [-0.39, 0.29) is 0 Å². The molecule has 68 heavy (non-hydrogen) atoms. The SMILES string of the molecule is c1ccc(-c2nc3ccccn3c2-c2ccc(N(c3ccccc3)c3ccc(-c4ccc(N(c5ccccc5)c5ccc(-c6c(-c7ccccc7)nc7ccccn67)cc5)cc4)cc3)cc2)cc1. The van der Waals surface area contributed by atoms with E-state index in [0.717, 1.165) is 102 Å². The van der Waals surface area contributed by atoms with E-state index in [1.807, 2.05) is 24.3 Å². The molecule has 0 fully saturated rings. The second-order valence-electron chi connectivity index (χ2n) is 16.7. The van der Waals surface area contributed by atoms with Gasteiger partial charge in [-0.05, 0) is 108 Å². The molecule has 0 radical (unpaired) electrons. The van der Waals surface area contributed by atoms with Crippen LogP contribution in [0.15, 0.2) is 267 Å². The molecule has 0 aliphatic rings. The van der Waals surface area contributed by atoms with Crippen molar-refractivity contribution in [3.05, 3.63) is 267 Å². The lowest BCUT2D eigenvalue weighted by Gasteiger charge is -2.26. The zero-order valence-electron chi connectivity index (χ0n) is 37.1. The molecule has 0 aliphatic carbocycles. The Morgan fingerprint density at radius 2 is 0.515 bits per heavy atom. The minimum Gasteiger partial charge on any atom is -0.311 e. The molecule has 0 amide bonds. The van der Waals surface area contributed by atoms with Crippen molar-refractivity contribution in [3.63, 3.8) is 0 Å². The molecular formula is C62H44N6. The van der Waals surface area contributed by atoms with Crippen LogP contribution >= 0.6 is 0 Å². The van der Waals surface area contributed by atoms with E-state index < -0.39 is 0 Å². The summed E-state index contributed by atoms with van der Waals surface area (Å²) in [5.74, 6) is 0. The van der Waals surface area contributed by atoms with Crippen LogP contribution in [0, 0.1) is 0 Å². The molecule has 6 heteroatoms. The van der Waals surface area contributed by atoms with E-state index >= 15 is 0 Å². The molecule has 12 aromatic rings. The van der Waals surface area contributed by atoms with Crippen LogP contribution in [0.1, 0.15) is 0 Å². The van der Waals surface area contributed by atoms with Gasteiger partial charge in [-0.15, -0.1) is 0 Å². The van der Waals surface area contributed by atoms with E-state index in [1.54, 1.807) is 0 Å². The van der Waals surface area contributed by atoms with Crippen molar-refractivity contribution in [1.29, 1.82) is 0 Å². The van der Waals surface area contributed by atoms with E-state index in [1.165, 1.54) is 0 Å². The van der Waals surface area contributed by atoms with Crippen LogP contribution in [-0.2, 0) is 0 Å². The largest absolute Gasteiger partial charge is 0.311 e. The maximum atomic E-state index is 5.06. The van der Waals surface area contributed by atoms with Gasteiger partial charge in [-0.2, -0.15) is 0 Å². The molecule has 0 aliphatic heterocycles. The molecule has 4 heterocycles. The second-order valence-corrected chi connectivity index (χ2v) is 16.7. The lowest BCUT2D eigenvalue weighted by Crippen LogP contribution is -2.10. The van der Waals surface area contributed by atoms with Crippen LogP contribution in [0.25, 0.3) is 67.5 Å². The highest BCUT2D eigenvalue weighted by atomic mass is 15.1. The summed E-state index contributed by atoms with van der Waals surface area (Å²) in [6.07, 6.45) is 4.18. The maximum Gasteiger partial charge on any atom is 0.137 e. The molecule has 322 valence electrons. The first kappa shape index (κ1) is 40.3. The fraction of sp³-hybridized carbons (Fsp3) is 0. The zero-order valence-corrected chi connectivity index (χ0v) is 37.1. The monoisotopic (exact) mass is 872 g/mol. The first-order chi connectivity index (χ1) is 33.7. The number of hydrogen-bond acceptors (Lipinski definition) is 4. The number of nitrogens with zero attached hydrogens (tertiary/aromatic N) is 6. The van der Waals surface area contributed by atoms with Crippen LogP contribution < -0.4 is 9.80 Å². The molecule has 0 atom stereocenters. The van der Waals surface area contributed by atoms with Gasteiger partial charge >= 0.3 is 0 Å². The first-order valence-electron chi connectivity index (χ1n) is 22.9. The highest BCUT2D eigenvalue weighted by molar-refractivity contribution is 5.87. The quantitative estimate of drug-likeness (QED) is 0.130. The summed E-state index contributed by atoms with van der Waals surface area (Å²) >= 11 is 0. The molecule has 6 nitrogen and oxygen atoms in total. The Kier molecular flexibility index (Phi) is 10.4. The highest BCUT2D eigenvalue weighted by Crippen LogP contribution is 2.41.